The molecule has 1 aliphatic heterocycles. The molecule has 0 atom stereocenters. The van der Waals surface area contributed by atoms with Gasteiger partial charge in [-0.15, -0.1) is 0 Å². The summed E-state index contributed by atoms with van der Waals surface area (Å²) in [6, 6.07) is 4.63. The van der Waals surface area contributed by atoms with Crippen LogP contribution in [0.25, 0.3) is 0 Å². The number of hydrogen-bond acceptors (Lipinski definition) is 2. The average molecular weight is 261 g/mol. The number of amides is 1. The molecule has 1 N–H and O–H groups in total. The summed E-state index contributed by atoms with van der Waals surface area (Å²) in [5.41, 5.74) is 0.886. The minimum absolute atomic E-state index is 0.00412. The lowest BCUT2D eigenvalue weighted by Gasteiger charge is -2.27. The van der Waals surface area contributed by atoms with Crippen LogP contribution in [0.3, 0.4) is 0 Å². The van der Waals surface area contributed by atoms with Gasteiger partial charge in [0.1, 0.15) is 5.82 Å². The van der Waals surface area contributed by atoms with Crippen LogP contribution in [0.2, 0.25) is 0 Å². The highest BCUT2D eigenvalue weighted by Crippen LogP contribution is 2.24. The summed E-state index contributed by atoms with van der Waals surface area (Å²) < 4.78 is 14.0. The van der Waals surface area contributed by atoms with Gasteiger partial charge in [-0.05, 0) is 31.0 Å². The molecule has 1 fully saturated rings. The Bertz CT molecular complexity index is 531. The van der Waals surface area contributed by atoms with Crippen molar-refractivity contribution >= 4 is 11.6 Å². The molecular weight excluding hydrogens is 245 g/mol. The number of carbonyl (C=O) groups excluding carboxylic acids is 1. The standard InChI is InChI=1S/C15H16FNO2/c16-13-11-12(5-2-4-10-18)7-8-14(13)17-9-3-1-6-15(17)19/h7-8,11,18H,1,3-4,6,9-10H2. The van der Waals surface area contributed by atoms with E-state index in [-0.39, 0.29) is 12.5 Å². The van der Waals surface area contributed by atoms with Crippen molar-refractivity contribution < 1.29 is 14.3 Å². The molecule has 1 aromatic carbocycles. The molecule has 19 heavy (non-hydrogen) atoms. The van der Waals surface area contributed by atoms with Crippen molar-refractivity contribution in [2.45, 2.75) is 25.7 Å². The minimum Gasteiger partial charge on any atom is -0.395 e. The summed E-state index contributed by atoms with van der Waals surface area (Å²) in [5.74, 6) is 5.06. The molecule has 100 valence electrons. The molecule has 0 bridgehead atoms. The second kappa shape index (κ2) is 6.35. The maximum atomic E-state index is 14.0. The number of aliphatic hydroxyl groups is 1. The normalized spacial score (nSPS) is 15.1. The summed E-state index contributed by atoms with van der Waals surface area (Å²) in [6.45, 7) is 0.571. The number of carbonyl (C=O) groups is 1. The molecule has 1 heterocycles. The van der Waals surface area contributed by atoms with Crippen LogP contribution in [0, 0.1) is 17.7 Å². The number of rotatable bonds is 2. The van der Waals surface area contributed by atoms with E-state index in [2.05, 4.69) is 11.8 Å². The molecular formula is C15H16FNO2. The van der Waals surface area contributed by atoms with Crippen LogP contribution >= 0.6 is 0 Å². The summed E-state index contributed by atoms with van der Waals surface area (Å²) in [6.07, 6.45) is 2.64. The number of piperidine rings is 1. The summed E-state index contributed by atoms with van der Waals surface area (Å²) >= 11 is 0. The van der Waals surface area contributed by atoms with Gasteiger partial charge in [0, 0.05) is 24.9 Å². The molecule has 2 rings (SSSR count). The van der Waals surface area contributed by atoms with Crippen molar-refractivity contribution in [2.75, 3.05) is 18.1 Å². The van der Waals surface area contributed by atoms with Gasteiger partial charge in [-0.25, -0.2) is 4.39 Å². The summed E-state index contributed by atoms with van der Waals surface area (Å²) in [5, 5.41) is 8.62. The second-order valence-electron chi connectivity index (χ2n) is 4.44. The van der Waals surface area contributed by atoms with E-state index in [0.29, 0.717) is 30.6 Å². The summed E-state index contributed by atoms with van der Waals surface area (Å²) in [7, 11) is 0. The molecule has 0 aromatic heterocycles. The Morgan fingerprint density at radius 3 is 2.89 bits per heavy atom. The number of anilines is 1. The maximum absolute atomic E-state index is 14.0. The van der Waals surface area contributed by atoms with E-state index in [4.69, 9.17) is 5.11 Å². The van der Waals surface area contributed by atoms with Gasteiger partial charge in [0.15, 0.2) is 0 Å². The third-order valence-electron chi connectivity index (χ3n) is 3.03. The molecule has 3 nitrogen and oxygen atoms in total. The van der Waals surface area contributed by atoms with Gasteiger partial charge in [-0.2, -0.15) is 0 Å². The van der Waals surface area contributed by atoms with E-state index in [9.17, 15) is 9.18 Å². The lowest BCUT2D eigenvalue weighted by molar-refractivity contribution is -0.119. The van der Waals surface area contributed by atoms with Crippen LogP contribution in [0.4, 0.5) is 10.1 Å². The first-order chi connectivity index (χ1) is 9.22. The fraction of sp³-hybridized carbons (Fsp3) is 0.400. The third kappa shape index (κ3) is 3.33. The Morgan fingerprint density at radius 2 is 2.21 bits per heavy atom. The Hall–Kier alpha value is -1.86. The summed E-state index contributed by atoms with van der Waals surface area (Å²) in [4.78, 5) is 13.3. The van der Waals surface area contributed by atoms with Crippen LogP contribution < -0.4 is 4.90 Å². The molecule has 0 radical (unpaired) electrons. The number of benzene rings is 1. The second-order valence-corrected chi connectivity index (χ2v) is 4.44. The van der Waals surface area contributed by atoms with Gasteiger partial charge in [-0.3, -0.25) is 4.79 Å². The Kier molecular flexibility index (Phi) is 4.53. The molecule has 0 aliphatic carbocycles. The topological polar surface area (TPSA) is 40.5 Å². The molecule has 1 amide bonds. The number of hydrogen-bond donors (Lipinski definition) is 1. The van der Waals surface area contributed by atoms with Crippen molar-refractivity contribution in [3.05, 3.63) is 29.6 Å². The average Bonchev–Trinajstić information content (AvgIpc) is 2.40. The van der Waals surface area contributed by atoms with Crippen molar-refractivity contribution in [2.24, 2.45) is 0 Å². The Balaban J connectivity index is 2.19. The SMILES string of the molecule is O=C1CCCCN1c1ccc(C#CCCO)cc1F. The van der Waals surface area contributed by atoms with Crippen LogP contribution in [-0.4, -0.2) is 24.2 Å². The fourth-order valence-electron chi connectivity index (χ4n) is 2.08. The predicted octanol–water partition coefficient (Wildman–Crippen LogP) is 2.08. The van der Waals surface area contributed by atoms with E-state index in [1.54, 1.807) is 12.1 Å². The van der Waals surface area contributed by atoms with Crippen molar-refractivity contribution in [3.8, 4) is 11.8 Å². The Morgan fingerprint density at radius 1 is 1.37 bits per heavy atom. The van der Waals surface area contributed by atoms with Gasteiger partial charge >= 0.3 is 0 Å². The zero-order chi connectivity index (χ0) is 13.7. The molecule has 0 spiro atoms. The van der Waals surface area contributed by atoms with E-state index in [1.807, 2.05) is 0 Å². The van der Waals surface area contributed by atoms with E-state index >= 15 is 0 Å². The minimum atomic E-state index is -0.425. The van der Waals surface area contributed by atoms with Crippen molar-refractivity contribution in [1.82, 2.24) is 0 Å². The van der Waals surface area contributed by atoms with E-state index in [1.165, 1.54) is 11.0 Å². The molecule has 1 aliphatic rings. The highest BCUT2D eigenvalue weighted by Gasteiger charge is 2.22. The van der Waals surface area contributed by atoms with Crippen LogP contribution in [0.5, 0.6) is 0 Å². The first-order valence-electron chi connectivity index (χ1n) is 6.42. The molecule has 0 unspecified atom stereocenters. The quantitative estimate of drug-likeness (QED) is 0.828. The van der Waals surface area contributed by atoms with Crippen LogP contribution in [0.15, 0.2) is 18.2 Å². The largest absolute Gasteiger partial charge is 0.395 e. The van der Waals surface area contributed by atoms with E-state index in [0.717, 1.165) is 12.8 Å². The first kappa shape index (κ1) is 13.6. The van der Waals surface area contributed by atoms with Gasteiger partial charge in [0.25, 0.3) is 0 Å². The van der Waals surface area contributed by atoms with Crippen molar-refractivity contribution in [3.63, 3.8) is 0 Å². The number of halogens is 1. The smallest absolute Gasteiger partial charge is 0.227 e. The van der Waals surface area contributed by atoms with Gasteiger partial charge < -0.3 is 10.0 Å². The van der Waals surface area contributed by atoms with E-state index < -0.39 is 5.82 Å². The molecule has 1 saturated heterocycles. The monoisotopic (exact) mass is 261 g/mol. The van der Waals surface area contributed by atoms with Crippen LogP contribution in [-0.2, 0) is 4.79 Å². The van der Waals surface area contributed by atoms with Crippen molar-refractivity contribution in [1.29, 1.82) is 0 Å². The predicted molar refractivity (Wildman–Crippen MR) is 71.2 cm³/mol. The fourth-order valence-corrected chi connectivity index (χ4v) is 2.08. The highest BCUT2D eigenvalue weighted by molar-refractivity contribution is 5.94. The van der Waals surface area contributed by atoms with Crippen LogP contribution in [0.1, 0.15) is 31.2 Å². The van der Waals surface area contributed by atoms with Gasteiger partial charge in [0.2, 0.25) is 5.91 Å². The maximum Gasteiger partial charge on any atom is 0.227 e. The molecule has 1 aromatic rings. The molecule has 0 saturated carbocycles. The zero-order valence-corrected chi connectivity index (χ0v) is 10.7. The third-order valence-corrected chi connectivity index (χ3v) is 3.03. The lowest BCUT2D eigenvalue weighted by Crippen LogP contribution is -2.35. The zero-order valence-electron chi connectivity index (χ0n) is 10.7. The highest BCUT2D eigenvalue weighted by atomic mass is 19.1. The Labute approximate surface area is 112 Å². The van der Waals surface area contributed by atoms with Gasteiger partial charge in [-0.1, -0.05) is 11.8 Å². The number of aliphatic hydroxyl groups excluding tert-OH is 1. The first-order valence-corrected chi connectivity index (χ1v) is 6.42. The number of nitrogens with zero attached hydrogens (tertiary/aromatic N) is 1. The lowest BCUT2D eigenvalue weighted by atomic mass is 10.1. The van der Waals surface area contributed by atoms with Gasteiger partial charge in [0.05, 0.1) is 12.3 Å². The molecule has 4 heteroatoms.